The third kappa shape index (κ3) is 0.970. The maximum absolute atomic E-state index is 11.0. The normalized spacial score (nSPS) is 27.0. The van der Waals surface area contributed by atoms with E-state index < -0.39 is 6.10 Å². The number of hydrogen-bond donors (Lipinski definition) is 0. The summed E-state index contributed by atoms with van der Waals surface area (Å²) in [4.78, 5) is 0. The van der Waals surface area contributed by atoms with Gasteiger partial charge in [0.1, 0.15) is 6.10 Å². The third-order valence-electron chi connectivity index (χ3n) is 2.35. The molecule has 2 heteroatoms. The van der Waals surface area contributed by atoms with Gasteiger partial charge in [0, 0.05) is 5.41 Å². The van der Waals surface area contributed by atoms with Crippen molar-refractivity contribution in [1.82, 2.24) is 0 Å². The van der Waals surface area contributed by atoms with Crippen molar-refractivity contribution in [3.05, 3.63) is 0 Å². The second-order valence-electron chi connectivity index (χ2n) is 2.85. The first-order chi connectivity index (χ1) is 4.21. The molecule has 2 nitrogen and oxygen atoms in total. The lowest BCUT2D eigenvalue weighted by Gasteiger charge is -2.42. The first kappa shape index (κ1) is 7.03. The van der Waals surface area contributed by atoms with Gasteiger partial charge in [-0.3, -0.25) is 0 Å². The van der Waals surface area contributed by atoms with Crippen LogP contribution in [0.2, 0.25) is 0 Å². The van der Waals surface area contributed by atoms with E-state index in [1.54, 1.807) is 6.92 Å². The summed E-state index contributed by atoms with van der Waals surface area (Å²) in [5.74, 6) is 0. The maximum atomic E-state index is 11.0. The molecule has 1 rings (SSSR count). The molecule has 1 radical (unpaired) electrons. The predicted molar refractivity (Wildman–Crippen MR) is 33.7 cm³/mol. The van der Waals surface area contributed by atoms with Gasteiger partial charge in [0.15, 0.2) is 0 Å². The molecule has 53 valence electrons. The van der Waals surface area contributed by atoms with Crippen molar-refractivity contribution in [3.8, 4) is 0 Å². The molecule has 1 atom stereocenters. The number of hydrogen-bond acceptors (Lipinski definition) is 1. The van der Waals surface area contributed by atoms with Crippen LogP contribution in [0.5, 0.6) is 0 Å². The largest absolute Gasteiger partial charge is 0.380 e. The smallest absolute Gasteiger partial charge is 0.100 e. The van der Waals surface area contributed by atoms with Crippen molar-refractivity contribution in [1.29, 1.82) is 0 Å². The van der Waals surface area contributed by atoms with Crippen molar-refractivity contribution < 1.29 is 9.84 Å². The topological polar surface area (TPSA) is 29.1 Å². The Morgan fingerprint density at radius 2 is 2.22 bits per heavy atom. The lowest BCUT2D eigenvalue weighted by Crippen LogP contribution is -2.49. The van der Waals surface area contributed by atoms with Gasteiger partial charge in [-0.2, -0.15) is 0 Å². The highest BCUT2D eigenvalue weighted by molar-refractivity contribution is 4.88. The predicted octanol–water partition coefficient (Wildman–Crippen LogP) is 1.23. The third-order valence-corrected chi connectivity index (χ3v) is 2.35. The van der Waals surface area contributed by atoms with Gasteiger partial charge in [0.05, 0.1) is 13.2 Å². The fraction of sp³-hybridized carbons (Fsp3) is 1.00. The second-order valence-corrected chi connectivity index (χ2v) is 2.85. The van der Waals surface area contributed by atoms with E-state index >= 15 is 0 Å². The van der Waals surface area contributed by atoms with E-state index in [-0.39, 0.29) is 5.41 Å². The average molecular weight is 129 g/mol. The molecule has 0 aliphatic carbocycles. The zero-order valence-corrected chi connectivity index (χ0v) is 6.02. The molecule has 9 heavy (non-hydrogen) atoms. The van der Waals surface area contributed by atoms with E-state index in [1.165, 1.54) is 0 Å². The number of rotatable bonds is 2. The van der Waals surface area contributed by atoms with Crippen LogP contribution in [0.25, 0.3) is 0 Å². The molecule has 1 fully saturated rings. The summed E-state index contributed by atoms with van der Waals surface area (Å²) in [5, 5.41) is 11.0. The molecule has 0 aromatic rings. The summed E-state index contributed by atoms with van der Waals surface area (Å²) in [7, 11) is 0. The summed E-state index contributed by atoms with van der Waals surface area (Å²) in [6.45, 7) is 5.13. The highest BCUT2D eigenvalue weighted by Crippen LogP contribution is 2.34. The molecule has 1 unspecified atom stereocenters. The maximum Gasteiger partial charge on any atom is 0.100 e. The Labute approximate surface area is 55.8 Å². The van der Waals surface area contributed by atoms with Crippen molar-refractivity contribution >= 4 is 0 Å². The average Bonchev–Trinajstić information content (AvgIpc) is 1.62. The lowest BCUT2D eigenvalue weighted by molar-refractivity contribution is -0.183. The van der Waals surface area contributed by atoms with Crippen molar-refractivity contribution in [3.63, 3.8) is 0 Å². The molecule has 0 bridgehead atoms. The van der Waals surface area contributed by atoms with E-state index in [9.17, 15) is 5.11 Å². The Morgan fingerprint density at radius 3 is 2.22 bits per heavy atom. The minimum atomic E-state index is -0.462. The number of ether oxygens (including phenoxy) is 1. The molecular weight excluding hydrogens is 116 g/mol. The fourth-order valence-corrected chi connectivity index (χ4v) is 1.09. The molecule has 1 aliphatic rings. The Bertz CT molecular complexity index is 89.6. The van der Waals surface area contributed by atoms with Crippen LogP contribution >= 0.6 is 0 Å². The lowest BCUT2D eigenvalue weighted by atomic mass is 9.78. The highest BCUT2D eigenvalue weighted by atomic mass is 16.5. The van der Waals surface area contributed by atoms with Gasteiger partial charge in [-0.1, -0.05) is 6.92 Å². The Balaban J connectivity index is 2.46. The minimum absolute atomic E-state index is 0.0139. The van der Waals surface area contributed by atoms with Gasteiger partial charge >= 0.3 is 0 Å². The summed E-state index contributed by atoms with van der Waals surface area (Å²) in [5.41, 5.74) is -0.0139. The van der Waals surface area contributed by atoms with Crippen LogP contribution < -0.4 is 0 Å². The van der Waals surface area contributed by atoms with E-state index in [1.807, 2.05) is 0 Å². The first-order valence-corrected chi connectivity index (χ1v) is 3.45. The Kier molecular flexibility index (Phi) is 1.78. The summed E-state index contributed by atoms with van der Waals surface area (Å²) in [6.07, 6.45) is 0.494. The van der Waals surface area contributed by atoms with Gasteiger partial charge in [0.25, 0.3) is 0 Å². The van der Waals surface area contributed by atoms with E-state index in [2.05, 4.69) is 6.92 Å². The Morgan fingerprint density at radius 1 is 1.67 bits per heavy atom. The van der Waals surface area contributed by atoms with Crippen LogP contribution in [0.3, 0.4) is 0 Å². The van der Waals surface area contributed by atoms with Crippen LogP contribution in [0.4, 0.5) is 0 Å². The van der Waals surface area contributed by atoms with Gasteiger partial charge < -0.3 is 4.74 Å². The summed E-state index contributed by atoms with van der Waals surface area (Å²) in [6, 6.07) is 0. The molecule has 0 aromatic carbocycles. The quantitative estimate of drug-likeness (QED) is 0.551. The van der Waals surface area contributed by atoms with Crippen molar-refractivity contribution in [2.24, 2.45) is 5.41 Å². The molecule has 1 saturated heterocycles. The van der Waals surface area contributed by atoms with Crippen LogP contribution in [0.15, 0.2) is 0 Å². The molecule has 1 heterocycles. The van der Waals surface area contributed by atoms with Crippen LogP contribution in [-0.2, 0) is 9.84 Å². The van der Waals surface area contributed by atoms with Crippen molar-refractivity contribution in [2.45, 2.75) is 26.4 Å². The highest BCUT2D eigenvalue weighted by Gasteiger charge is 2.42. The van der Waals surface area contributed by atoms with E-state index in [4.69, 9.17) is 4.74 Å². The zero-order chi connectivity index (χ0) is 6.91. The molecule has 1 aliphatic heterocycles. The Hall–Kier alpha value is -0.0800. The minimum Gasteiger partial charge on any atom is -0.380 e. The zero-order valence-electron chi connectivity index (χ0n) is 6.02. The van der Waals surface area contributed by atoms with Crippen LogP contribution in [0, 0.1) is 5.41 Å². The van der Waals surface area contributed by atoms with Crippen LogP contribution in [-0.4, -0.2) is 19.3 Å². The van der Waals surface area contributed by atoms with Crippen molar-refractivity contribution in [2.75, 3.05) is 13.2 Å². The SMILES string of the molecule is CCC1(C(C)[O])COC1. The molecule has 0 amide bonds. The van der Waals surface area contributed by atoms with Gasteiger partial charge in [-0.15, -0.1) is 0 Å². The van der Waals surface area contributed by atoms with Gasteiger partial charge in [0.2, 0.25) is 0 Å². The van der Waals surface area contributed by atoms with E-state index in [0.29, 0.717) is 13.2 Å². The molecule has 0 spiro atoms. The summed E-state index contributed by atoms with van der Waals surface area (Å²) >= 11 is 0. The van der Waals surface area contributed by atoms with Gasteiger partial charge in [-0.05, 0) is 13.3 Å². The molecular formula is C7H13O2. The summed E-state index contributed by atoms with van der Waals surface area (Å²) < 4.78 is 4.99. The van der Waals surface area contributed by atoms with Crippen LogP contribution in [0.1, 0.15) is 20.3 Å². The van der Waals surface area contributed by atoms with Gasteiger partial charge in [-0.25, -0.2) is 5.11 Å². The van der Waals surface area contributed by atoms with E-state index in [0.717, 1.165) is 6.42 Å². The molecule has 0 saturated carbocycles. The monoisotopic (exact) mass is 129 g/mol. The standard InChI is InChI=1S/C7H13O2/c1-3-7(6(2)8)4-9-5-7/h6H,3-5H2,1-2H3. The second kappa shape index (κ2) is 2.27. The fourth-order valence-electron chi connectivity index (χ4n) is 1.09. The first-order valence-electron chi connectivity index (χ1n) is 3.45. The molecule has 0 aromatic heterocycles. The molecule has 0 N–H and O–H groups in total.